The second-order valence-corrected chi connectivity index (χ2v) is 15.6. The molecular weight excluding hydrogens is 654 g/mol. The van der Waals surface area contributed by atoms with Crippen molar-refractivity contribution < 1.29 is 38.2 Å². The molecule has 8 heteroatoms. The summed E-state index contributed by atoms with van der Waals surface area (Å²) in [7, 11) is 5.52. The van der Waals surface area contributed by atoms with Crippen LogP contribution < -0.4 is 0 Å². The Hall–Kier alpha value is -2.19. The van der Waals surface area contributed by atoms with Gasteiger partial charge in [-0.15, -0.1) is 0 Å². The minimum atomic E-state index is -0.876. The molecular formula is C44H82NO7+. The number of carbonyl (C=O) groups is 3. The van der Waals surface area contributed by atoms with Crippen LogP contribution in [0.4, 0.5) is 0 Å². The molecule has 0 amide bonds. The highest BCUT2D eigenvalue weighted by Crippen LogP contribution is 2.14. The molecule has 0 saturated carbocycles. The third-order valence-electron chi connectivity index (χ3n) is 9.57. The first-order valence-electron chi connectivity index (χ1n) is 21.4. The standard InChI is InChI=1S/C44H81NO7/c1-6-8-10-12-14-16-18-19-20-21-22-23-25-27-29-31-33-35-43(47)52-40(38-50-37-36-41(44(48)49)45(3,4)5)39-51-42(46)34-32-30-28-26-24-17-15-13-11-9-7-2/h13,15,19-20,40-41H,6-12,14,16-18,21-39H2,1-5H3/p+1/b15-13-,20-19-. The first kappa shape index (κ1) is 49.8. The monoisotopic (exact) mass is 737 g/mol. The molecule has 304 valence electrons. The normalized spacial score (nSPS) is 13.2. The average Bonchev–Trinajstić information content (AvgIpc) is 3.09. The number of rotatable bonds is 38. The summed E-state index contributed by atoms with van der Waals surface area (Å²) in [5.74, 6) is -1.48. The highest BCUT2D eigenvalue weighted by molar-refractivity contribution is 5.72. The van der Waals surface area contributed by atoms with Crippen LogP contribution in [-0.4, -0.2) is 80.6 Å². The third kappa shape index (κ3) is 33.6. The Morgan fingerprint density at radius 3 is 1.44 bits per heavy atom. The number of quaternary nitrogens is 1. The largest absolute Gasteiger partial charge is 0.477 e. The summed E-state index contributed by atoms with van der Waals surface area (Å²) < 4.78 is 17.2. The molecule has 0 aliphatic carbocycles. The molecule has 0 aliphatic heterocycles. The molecule has 0 aromatic heterocycles. The number of unbranched alkanes of at least 4 members (excludes halogenated alkanes) is 20. The van der Waals surface area contributed by atoms with Crippen molar-refractivity contribution >= 4 is 17.9 Å². The van der Waals surface area contributed by atoms with E-state index in [4.69, 9.17) is 14.2 Å². The molecule has 0 heterocycles. The van der Waals surface area contributed by atoms with Crippen molar-refractivity contribution in [1.82, 2.24) is 0 Å². The molecule has 52 heavy (non-hydrogen) atoms. The molecule has 1 N–H and O–H groups in total. The lowest BCUT2D eigenvalue weighted by atomic mass is 10.1. The molecule has 0 radical (unpaired) electrons. The van der Waals surface area contributed by atoms with Crippen LogP contribution in [-0.2, 0) is 28.6 Å². The smallest absolute Gasteiger partial charge is 0.362 e. The Balaban J connectivity index is 4.35. The lowest BCUT2D eigenvalue weighted by molar-refractivity contribution is -0.887. The van der Waals surface area contributed by atoms with Gasteiger partial charge in [-0.05, 0) is 57.8 Å². The van der Waals surface area contributed by atoms with Gasteiger partial charge in [0.2, 0.25) is 0 Å². The first-order chi connectivity index (χ1) is 25.1. The number of aliphatic carboxylic acids is 1. The molecule has 0 aromatic carbocycles. The van der Waals surface area contributed by atoms with Gasteiger partial charge in [0.15, 0.2) is 12.1 Å². The number of hydrogen-bond donors (Lipinski definition) is 1. The summed E-state index contributed by atoms with van der Waals surface area (Å²) in [6.45, 7) is 4.68. The number of esters is 2. The van der Waals surface area contributed by atoms with E-state index >= 15 is 0 Å². The number of likely N-dealkylation sites (N-methyl/N-ethyl adjacent to an activating group) is 1. The number of hydrogen-bond acceptors (Lipinski definition) is 6. The molecule has 8 nitrogen and oxygen atoms in total. The van der Waals surface area contributed by atoms with Gasteiger partial charge in [0.05, 0.1) is 34.4 Å². The molecule has 0 rings (SSSR count). The van der Waals surface area contributed by atoms with Crippen LogP contribution in [0.5, 0.6) is 0 Å². The highest BCUT2D eigenvalue weighted by atomic mass is 16.6. The van der Waals surface area contributed by atoms with E-state index in [1.807, 2.05) is 21.1 Å². The maximum Gasteiger partial charge on any atom is 0.362 e. The van der Waals surface area contributed by atoms with Gasteiger partial charge in [0.1, 0.15) is 6.61 Å². The van der Waals surface area contributed by atoms with Crippen LogP contribution in [0.1, 0.15) is 187 Å². The van der Waals surface area contributed by atoms with Crippen molar-refractivity contribution in [2.75, 3.05) is 41.0 Å². The summed E-state index contributed by atoms with van der Waals surface area (Å²) in [4.78, 5) is 36.9. The second kappa shape index (κ2) is 35.8. The van der Waals surface area contributed by atoms with Gasteiger partial charge in [-0.2, -0.15) is 0 Å². The van der Waals surface area contributed by atoms with Crippen LogP contribution in [0, 0.1) is 0 Å². The Labute approximate surface area is 320 Å². The van der Waals surface area contributed by atoms with Crippen molar-refractivity contribution in [3.8, 4) is 0 Å². The Morgan fingerprint density at radius 1 is 0.558 bits per heavy atom. The molecule has 2 atom stereocenters. The van der Waals surface area contributed by atoms with Crippen molar-refractivity contribution in [1.29, 1.82) is 0 Å². The fourth-order valence-electron chi connectivity index (χ4n) is 6.18. The SMILES string of the molecule is CCCC/C=C\CCCCCCCC(=O)OCC(COCCC(C(=O)O)[N+](C)(C)C)OC(=O)CCCCCCCCC/C=C\CCCCCCCC. The van der Waals surface area contributed by atoms with Gasteiger partial charge in [-0.1, -0.05) is 134 Å². The second-order valence-electron chi connectivity index (χ2n) is 15.6. The Morgan fingerprint density at radius 2 is 0.981 bits per heavy atom. The highest BCUT2D eigenvalue weighted by Gasteiger charge is 2.31. The lowest BCUT2D eigenvalue weighted by Crippen LogP contribution is -2.50. The van der Waals surface area contributed by atoms with Crippen molar-refractivity contribution in [2.45, 2.75) is 199 Å². The Kier molecular flexibility index (Phi) is 34.3. The van der Waals surface area contributed by atoms with E-state index in [2.05, 4.69) is 38.2 Å². The lowest BCUT2D eigenvalue weighted by Gasteiger charge is -2.31. The van der Waals surface area contributed by atoms with Crippen LogP contribution in [0.15, 0.2) is 24.3 Å². The number of allylic oxidation sites excluding steroid dienone is 4. The third-order valence-corrected chi connectivity index (χ3v) is 9.57. The number of nitrogens with zero attached hydrogens (tertiary/aromatic N) is 1. The number of carboxylic acid groups (broad SMARTS) is 1. The Bertz CT molecular complexity index is 911. The van der Waals surface area contributed by atoms with E-state index in [0.717, 1.165) is 51.4 Å². The summed E-state index contributed by atoms with van der Waals surface area (Å²) >= 11 is 0. The van der Waals surface area contributed by atoms with Crippen molar-refractivity contribution in [2.24, 2.45) is 0 Å². The summed E-state index contributed by atoms with van der Waals surface area (Å²) in [6, 6.07) is -0.613. The van der Waals surface area contributed by atoms with Gasteiger partial charge in [-0.25, -0.2) is 4.79 Å². The van der Waals surface area contributed by atoms with E-state index in [1.165, 1.54) is 103 Å². The first-order valence-corrected chi connectivity index (χ1v) is 21.4. The van der Waals surface area contributed by atoms with Crippen molar-refractivity contribution in [3.63, 3.8) is 0 Å². The maximum absolute atomic E-state index is 12.7. The van der Waals surface area contributed by atoms with E-state index in [1.54, 1.807) is 0 Å². The van der Waals surface area contributed by atoms with Gasteiger partial charge in [-0.3, -0.25) is 9.59 Å². The van der Waals surface area contributed by atoms with Crippen molar-refractivity contribution in [3.05, 3.63) is 24.3 Å². The minimum absolute atomic E-state index is 0.0547. The number of carboxylic acids is 1. The zero-order chi connectivity index (χ0) is 38.5. The molecule has 0 spiro atoms. The van der Waals surface area contributed by atoms with Crippen LogP contribution in [0.2, 0.25) is 0 Å². The van der Waals surface area contributed by atoms with Crippen LogP contribution in [0.3, 0.4) is 0 Å². The quantitative estimate of drug-likeness (QED) is 0.0291. The summed E-state index contributed by atoms with van der Waals surface area (Å²) in [6.07, 6.45) is 37.9. The molecule has 0 fully saturated rings. The molecule has 2 unspecified atom stereocenters. The topological polar surface area (TPSA) is 99.1 Å². The van der Waals surface area contributed by atoms with Crippen LogP contribution in [0.25, 0.3) is 0 Å². The minimum Gasteiger partial charge on any atom is -0.477 e. The van der Waals surface area contributed by atoms with E-state index in [-0.39, 0.29) is 36.2 Å². The zero-order valence-electron chi connectivity index (χ0n) is 34.5. The van der Waals surface area contributed by atoms with Gasteiger partial charge in [0.25, 0.3) is 0 Å². The number of carbonyl (C=O) groups excluding carboxylic acids is 2. The summed E-state index contributed by atoms with van der Waals surface area (Å²) in [5.41, 5.74) is 0. The van der Waals surface area contributed by atoms with Gasteiger partial charge >= 0.3 is 17.9 Å². The van der Waals surface area contributed by atoms with Crippen LogP contribution >= 0.6 is 0 Å². The number of ether oxygens (including phenoxy) is 3. The fourth-order valence-corrected chi connectivity index (χ4v) is 6.18. The molecule has 0 saturated heterocycles. The molecule has 0 bridgehead atoms. The molecule has 0 aliphatic rings. The summed E-state index contributed by atoms with van der Waals surface area (Å²) in [5, 5.41) is 9.60. The predicted molar refractivity (Wildman–Crippen MR) is 215 cm³/mol. The zero-order valence-corrected chi connectivity index (χ0v) is 34.5. The van der Waals surface area contributed by atoms with E-state index < -0.39 is 18.1 Å². The average molecular weight is 737 g/mol. The van der Waals surface area contributed by atoms with Gasteiger partial charge in [0, 0.05) is 19.3 Å². The fraction of sp³-hybridized carbons (Fsp3) is 0.841. The van der Waals surface area contributed by atoms with E-state index in [0.29, 0.717) is 19.3 Å². The van der Waals surface area contributed by atoms with E-state index in [9.17, 15) is 19.5 Å². The maximum atomic E-state index is 12.7. The van der Waals surface area contributed by atoms with Gasteiger partial charge < -0.3 is 23.8 Å². The molecule has 0 aromatic rings. The predicted octanol–water partition coefficient (Wildman–Crippen LogP) is 11.3.